The van der Waals surface area contributed by atoms with Gasteiger partial charge in [0.2, 0.25) is 0 Å². The normalized spacial score (nSPS) is 12.4. The molecule has 2 aromatic heterocycles. The first-order valence-corrected chi connectivity index (χ1v) is 5.55. The molecule has 0 fully saturated rings. The van der Waals surface area contributed by atoms with Crippen LogP contribution in [0.2, 0.25) is 0 Å². The summed E-state index contributed by atoms with van der Waals surface area (Å²) in [5.74, 6) is 0.377. The molecule has 15 heavy (non-hydrogen) atoms. The van der Waals surface area contributed by atoms with Gasteiger partial charge in [-0.05, 0) is 30.5 Å². The standard InChI is InChI=1S/C11H11FN2S/c1-8(10-3-2-6-15-10)14-11-5-4-9(12)7-13-11/h2-8H,1H3,(H,13,14). The van der Waals surface area contributed by atoms with E-state index in [0.29, 0.717) is 5.82 Å². The van der Waals surface area contributed by atoms with Crippen LogP contribution in [0.25, 0.3) is 0 Å². The topological polar surface area (TPSA) is 24.9 Å². The van der Waals surface area contributed by atoms with Gasteiger partial charge in [0.15, 0.2) is 0 Å². The lowest BCUT2D eigenvalue weighted by atomic mass is 10.3. The number of thiophene rings is 1. The van der Waals surface area contributed by atoms with E-state index in [1.54, 1.807) is 17.4 Å². The third-order valence-corrected chi connectivity index (χ3v) is 3.12. The zero-order chi connectivity index (χ0) is 10.7. The van der Waals surface area contributed by atoms with E-state index in [-0.39, 0.29) is 11.9 Å². The molecule has 0 aliphatic carbocycles. The van der Waals surface area contributed by atoms with Crippen LogP contribution >= 0.6 is 11.3 Å². The summed E-state index contributed by atoms with van der Waals surface area (Å²) in [6.45, 7) is 2.05. The van der Waals surface area contributed by atoms with Crippen molar-refractivity contribution in [1.82, 2.24) is 4.98 Å². The minimum absolute atomic E-state index is 0.197. The fourth-order valence-corrected chi connectivity index (χ4v) is 2.03. The Labute approximate surface area is 91.8 Å². The van der Waals surface area contributed by atoms with E-state index in [2.05, 4.69) is 23.3 Å². The van der Waals surface area contributed by atoms with Crippen molar-refractivity contribution in [1.29, 1.82) is 0 Å². The van der Waals surface area contributed by atoms with Crippen molar-refractivity contribution in [2.45, 2.75) is 13.0 Å². The molecule has 1 unspecified atom stereocenters. The second kappa shape index (κ2) is 4.40. The van der Waals surface area contributed by atoms with Crippen molar-refractivity contribution < 1.29 is 4.39 Å². The molecule has 4 heteroatoms. The average molecular weight is 222 g/mol. The maximum atomic E-state index is 12.6. The lowest BCUT2D eigenvalue weighted by Gasteiger charge is -2.12. The molecule has 1 atom stereocenters. The van der Waals surface area contributed by atoms with E-state index in [1.165, 1.54) is 17.1 Å². The van der Waals surface area contributed by atoms with E-state index in [4.69, 9.17) is 0 Å². The summed E-state index contributed by atoms with van der Waals surface area (Å²) in [5.41, 5.74) is 0. The summed E-state index contributed by atoms with van der Waals surface area (Å²) in [5, 5.41) is 5.24. The van der Waals surface area contributed by atoms with Gasteiger partial charge >= 0.3 is 0 Å². The van der Waals surface area contributed by atoms with Crippen LogP contribution in [0.1, 0.15) is 17.8 Å². The zero-order valence-corrected chi connectivity index (χ0v) is 9.09. The van der Waals surface area contributed by atoms with Gasteiger partial charge in [-0.3, -0.25) is 0 Å². The lowest BCUT2D eigenvalue weighted by Crippen LogP contribution is -2.06. The maximum Gasteiger partial charge on any atom is 0.141 e. The first kappa shape index (κ1) is 10.1. The number of pyridine rings is 1. The summed E-state index contributed by atoms with van der Waals surface area (Å²) >= 11 is 1.69. The van der Waals surface area contributed by atoms with E-state index in [0.717, 1.165) is 0 Å². The van der Waals surface area contributed by atoms with Crippen LogP contribution in [0.4, 0.5) is 10.2 Å². The molecule has 0 spiro atoms. The number of rotatable bonds is 3. The average Bonchev–Trinajstić information content (AvgIpc) is 2.74. The Balaban J connectivity index is 2.06. The Morgan fingerprint density at radius 3 is 2.87 bits per heavy atom. The Bertz CT molecular complexity index is 411. The van der Waals surface area contributed by atoms with Gasteiger partial charge in [-0.25, -0.2) is 9.37 Å². The number of nitrogens with one attached hydrogen (secondary N) is 1. The van der Waals surface area contributed by atoms with Crippen molar-refractivity contribution in [3.05, 3.63) is 46.5 Å². The lowest BCUT2D eigenvalue weighted by molar-refractivity contribution is 0.621. The molecule has 0 aromatic carbocycles. The third-order valence-electron chi connectivity index (χ3n) is 2.06. The van der Waals surface area contributed by atoms with Gasteiger partial charge in [0.05, 0.1) is 12.2 Å². The molecule has 0 saturated carbocycles. The fourth-order valence-electron chi connectivity index (χ4n) is 1.29. The van der Waals surface area contributed by atoms with Crippen LogP contribution in [0.15, 0.2) is 35.8 Å². The molecule has 1 N–H and O–H groups in total. The van der Waals surface area contributed by atoms with E-state index < -0.39 is 0 Å². The maximum absolute atomic E-state index is 12.6. The number of hydrogen-bond acceptors (Lipinski definition) is 3. The Kier molecular flexibility index (Phi) is 2.97. The van der Waals surface area contributed by atoms with E-state index >= 15 is 0 Å². The van der Waals surface area contributed by atoms with Crippen molar-refractivity contribution >= 4 is 17.2 Å². The summed E-state index contributed by atoms with van der Waals surface area (Å²) in [6, 6.07) is 7.31. The van der Waals surface area contributed by atoms with Gasteiger partial charge < -0.3 is 5.32 Å². The number of hydrogen-bond donors (Lipinski definition) is 1. The van der Waals surface area contributed by atoms with Crippen molar-refractivity contribution in [3.8, 4) is 0 Å². The fraction of sp³-hybridized carbons (Fsp3) is 0.182. The Hall–Kier alpha value is -1.42. The van der Waals surface area contributed by atoms with Gasteiger partial charge in [-0.1, -0.05) is 6.07 Å². The highest BCUT2D eigenvalue weighted by molar-refractivity contribution is 7.10. The molecular weight excluding hydrogens is 211 g/mol. The molecule has 78 valence electrons. The number of nitrogens with zero attached hydrogens (tertiary/aromatic N) is 1. The van der Waals surface area contributed by atoms with Crippen LogP contribution in [-0.4, -0.2) is 4.98 Å². The minimum Gasteiger partial charge on any atom is -0.363 e. The summed E-state index contributed by atoms with van der Waals surface area (Å²) in [4.78, 5) is 5.18. The molecule has 2 nitrogen and oxygen atoms in total. The molecule has 0 bridgehead atoms. The molecule has 2 rings (SSSR count). The Morgan fingerprint density at radius 2 is 2.27 bits per heavy atom. The van der Waals surface area contributed by atoms with Crippen LogP contribution in [0.5, 0.6) is 0 Å². The summed E-state index contributed by atoms with van der Waals surface area (Å²) in [7, 11) is 0. The zero-order valence-electron chi connectivity index (χ0n) is 8.27. The Morgan fingerprint density at radius 1 is 1.40 bits per heavy atom. The van der Waals surface area contributed by atoms with Crippen molar-refractivity contribution in [2.75, 3.05) is 5.32 Å². The highest BCUT2D eigenvalue weighted by Crippen LogP contribution is 2.21. The molecule has 0 amide bonds. The molecule has 2 heterocycles. The largest absolute Gasteiger partial charge is 0.363 e. The third kappa shape index (κ3) is 2.53. The first-order valence-electron chi connectivity index (χ1n) is 4.67. The van der Waals surface area contributed by atoms with Gasteiger partial charge in [0, 0.05) is 4.88 Å². The second-order valence-corrected chi connectivity index (χ2v) is 4.22. The van der Waals surface area contributed by atoms with Crippen molar-refractivity contribution in [3.63, 3.8) is 0 Å². The predicted molar refractivity (Wildman–Crippen MR) is 60.6 cm³/mol. The SMILES string of the molecule is CC(Nc1ccc(F)cn1)c1cccs1. The summed E-state index contributed by atoms with van der Waals surface area (Å²) in [6.07, 6.45) is 1.21. The van der Waals surface area contributed by atoms with Gasteiger partial charge in [-0.2, -0.15) is 0 Å². The monoisotopic (exact) mass is 222 g/mol. The molecular formula is C11H11FN2S. The smallest absolute Gasteiger partial charge is 0.141 e. The minimum atomic E-state index is -0.315. The van der Waals surface area contributed by atoms with Crippen molar-refractivity contribution in [2.24, 2.45) is 0 Å². The number of aromatic nitrogens is 1. The quantitative estimate of drug-likeness (QED) is 0.860. The molecule has 2 aromatic rings. The van der Waals surface area contributed by atoms with Crippen LogP contribution in [-0.2, 0) is 0 Å². The highest BCUT2D eigenvalue weighted by Gasteiger charge is 2.06. The van der Waals surface area contributed by atoms with E-state index in [1.807, 2.05) is 11.4 Å². The van der Waals surface area contributed by atoms with Crippen LogP contribution in [0, 0.1) is 5.82 Å². The number of anilines is 1. The first-order chi connectivity index (χ1) is 7.25. The summed E-state index contributed by atoms with van der Waals surface area (Å²) < 4.78 is 12.6. The number of halogens is 1. The van der Waals surface area contributed by atoms with Gasteiger partial charge in [0.1, 0.15) is 11.6 Å². The molecule has 0 saturated heterocycles. The van der Waals surface area contributed by atoms with Gasteiger partial charge in [0.25, 0.3) is 0 Å². The second-order valence-electron chi connectivity index (χ2n) is 3.24. The highest BCUT2D eigenvalue weighted by atomic mass is 32.1. The van der Waals surface area contributed by atoms with Crippen LogP contribution < -0.4 is 5.32 Å². The molecule has 0 radical (unpaired) electrons. The molecule has 0 aliphatic heterocycles. The van der Waals surface area contributed by atoms with E-state index in [9.17, 15) is 4.39 Å². The predicted octanol–water partition coefficient (Wildman–Crippen LogP) is 3.46. The molecule has 0 aliphatic rings. The van der Waals surface area contributed by atoms with Crippen LogP contribution in [0.3, 0.4) is 0 Å². The van der Waals surface area contributed by atoms with Gasteiger partial charge in [-0.15, -0.1) is 11.3 Å².